The van der Waals surface area contributed by atoms with Crippen LogP contribution in [-0.2, 0) is 6.61 Å². The van der Waals surface area contributed by atoms with E-state index in [1.165, 1.54) is 19.4 Å². The molecule has 1 aliphatic rings. The van der Waals surface area contributed by atoms with E-state index in [2.05, 4.69) is 22.1 Å². The molecule has 0 radical (unpaired) electrons. The van der Waals surface area contributed by atoms with Gasteiger partial charge >= 0.3 is 0 Å². The number of aromatic nitrogens is 2. The molecule has 2 heterocycles. The van der Waals surface area contributed by atoms with E-state index in [4.69, 9.17) is 5.11 Å². The van der Waals surface area contributed by atoms with E-state index in [0.717, 1.165) is 17.9 Å². The molecule has 78 valence electrons. The van der Waals surface area contributed by atoms with Crippen molar-refractivity contribution in [1.82, 2.24) is 15.1 Å². The largest absolute Gasteiger partial charge is 0.390 e. The molecule has 0 amide bonds. The number of hydrogen-bond donors (Lipinski definition) is 2. The van der Waals surface area contributed by atoms with Gasteiger partial charge in [0.15, 0.2) is 0 Å². The topological polar surface area (TPSA) is 52.1 Å². The summed E-state index contributed by atoms with van der Waals surface area (Å²) < 4.78 is 0. The Hall–Kier alpha value is -0.870. The van der Waals surface area contributed by atoms with Gasteiger partial charge in [-0.15, -0.1) is 0 Å². The minimum atomic E-state index is 0.0512. The molecule has 4 nitrogen and oxygen atoms in total. The van der Waals surface area contributed by atoms with Gasteiger partial charge in [0.25, 0.3) is 0 Å². The standard InChI is InChI=1S/C10H17N3O/c1-13-4-2-3-8(6-13)10-5-9(7-14)11-12-10/h5,8,14H,2-4,6-7H2,1H3,(H,11,12). The van der Waals surface area contributed by atoms with Gasteiger partial charge in [0, 0.05) is 12.5 Å². The number of nitrogens with zero attached hydrogens (tertiary/aromatic N) is 2. The number of aliphatic hydroxyl groups is 1. The van der Waals surface area contributed by atoms with Crippen LogP contribution < -0.4 is 0 Å². The van der Waals surface area contributed by atoms with Crippen molar-refractivity contribution in [3.05, 3.63) is 17.5 Å². The lowest BCUT2D eigenvalue weighted by atomic mass is 9.95. The third-order valence-corrected chi connectivity index (χ3v) is 2.86. The molecule has 1 unspecified atom stereocenters. The summed E-state index contributed by atoms with van der Waals surface area (Å²) in [5.41, 5.74) is 1.91. The highest BCUT2D eigenvalue weighted by Crippen LogP contribution is 2.24. The van der Waals surface area contributed by atoms with Crippen LogP contribution in [0.15, 0.2) is 6.07 Å². The zero-order valence-corrected chi connectivity index (χ0v) is 8.53. The first-order valence-electron chi connectivity index (χ1n) is 5.13. The second kappa shape index (κ2) is 4.11. The van der Waals surface area contributed by atoms with Gasteiger partial charge in [-0.3, -0.25) is 5.10 Å². The number of H-pyrrole nitrogens is 1. The van der Waals surface area contributed by atoms with Crippen LogP contribution in [-0.4, -0.2) is 40.3 Å². The molecule has 0 saturated carbocycles. The minimum Gasteiger partial charge on any atom is -0.390 e. The predicted octanol–water partition coefficient (Wildman–Crippen LogP) is 0.711. The normalized spacial score (nSPS) is 24.0. The molecule has 1 aromatic heterocycles. The molecule has 1 saturated heterocycles. The van der Waals surface area contributed by atoms with Gasteiger partial charge in [-0.2, -0.15) is 5.10 Å². The molecule has 2 rings (SSSR count). The third-order valence-electron chi connectivity index (χ3n) is 2.86. The Bertz CT molecular complexity index is 297. The third kappa shape index (κ3) is 1.96. The fourth-order valence-electron chi connectivity index (χ4n) is 2.08. The number of piperidine rings is 1. The summed E-state index contributed by atoms with van der Waals surface area (Å²) in [6, 6.07) is 1.98. The molecule has 1 atom stereocenters. The monoisotopic (exact) mass is 195 g/mol. The van der Waals surface area contributed by atoms with E-state index in [1.54, 1.807) is 0 Å². The number of likely N-dealkylation sites (N-methyl/N-ethyl adjacent to an activating group) is 1. The number of aliphatic hydroxyl groups excluding tert-OH is 1. The van der Waals surface area contributed by atoms with E-state index in [1.807, 2.05) is 6.07 Å². The van der Waals surface area contributed by atoms with Crippen molar-refractivity contribution in [1.29, 1.82) is 0 Å². The van der Waals surface area contributed by atoms with Crippen LogP contribution in [0.1, 0.15) is 30.1 Å². The van der Waals surface area contributed by atoms with Crippen molar-refractivity contribution in [2.24, 2.45) is 0 Å². The van der Waals surface area contributed by atoms with Gasteiger partial charge in [0.05, 0.1) is 18.0 Å². The minimum absolute atomic E-state index is 0.0512. The zero-order valence-electron chi connectivity index (χ0n) is 8.53. The Morgan fingerprint density at radius 3 is 3.21 bits per heavy atom. The van der Waals surface area contributed by atoms with E-state index < -0.39 is 0 Å². The van der Waals surface area contributed by atoms with Gasteiger partial charge in [0.1, 0.15) is 0 Å². The highest BCUT2D eigenvalue weighted by atomic mass is 16.3. The summed E-state index contributed by atoms with van der Waals surface area (Å²) in [5, 5.41) is 16.0. The fourth-order valence-corrected chi connectivity index (χ4v) is 2.08. The number of rotatable bonds is 2. The van der Waals surface area contributed by atoms with Crippen LogP contribution in [0.5, 0.6) is 0 Å². The molecule has 1 fully saturated rings. The van der Waals surface area contributed by atoms with E-state index >= 15 is 0 Å². The van der Waals surface area contributed by atoms with Gasteiger partial charge in [-0.05, 0) is 32.5 Å². The summed E-state index contributed by atoms with van der Waals surface area (Å²) in [5.74, 6) is 0.533. The molecular formula is C10H17N3O. The van der Waals surface area contributed by atoms with Crippen LogP contribution in [0.25, 0.3) is 0 Å². The predicted molar refractivity (Wildman–Crippen MR) is 54.0 cm³/mol. The lowest BCUT2D eigenvalue weighted by Crippen LogP contribution is -2.30. The molecule has 14 heavy (non-hydrogen) atoms. The molecule has 1 aliphatic heterocycles. The SMILES string of the molecule is CN1CCCC(c2cc(CO)[nH]n2)C1. The van der Waals surface area contributed by atoms with Gasteiger partial charge in [0.2, 0.25) is 0 Å². The van der Waals surface area contributed by atoms with Crippen LogP contribution in [0.4, 0.5) is 0 Å². The number of aromatic amines is 1. The molecule has 0 aliphatic carbocycles. The van der Waals surface area contributed by atoms with Crippen LogP contribution in [0, 0.1) is 0 Å². The highest BCUT2D eigenvalue weighted by Gasteiger charge is 2.20. The summed E-state index contributed by atoms with van der Waals surface area (Å²) in [6.07, 6.45) is 2.45. The first kappa shape index (κ1) is 9.68. The van der Waals surface area contributed by atoms with Crippen molar-refractivity contribution in [3.63, 3.8) is 0 Å². The fraction of sp³-hybridized carbons (Fsp3) is 0.700. The van der Waals surface area contributed by atoms with Crippen molar-refractivity contribution in [3.8, 4) is 0 Å². The molecule has 0 bridgehead atoms. The van der Waals surface area contributed by atoms with Gasteiger partial charge < -0.3 is 10.0 Å². The lowest BCUT2D eigenvalue weighted by Gasteiger charge is -2.28. The quantitative estimate of drug-likeness (QED) is 0.730. The average Bonchev–Trinajstić information content (AvgIpc) is 2.66. The van der Waals surface area contributed by atoms with Crippen LogP contribution >= 0.6 is 0 Å². The summed E-state index contributed by atoms with van der Waals surface area (Å²) in [6.45, 7) is 2.32. The Morgan fingerprint density at radius 2 is 2.57 bits per heavy atom. The molecule has 0 spiro atoms. The molecule has 0 aromatic carbocycles. The Labute approximate surface area is 83.9 Å². The van der Waals surface area contributed by atoms with Crippen molar-refractivity contribution in [2.75, 3.05) is 20.1 Å². The van der Waals surface area contributed by atoms with Crippen molar-refractivity contribution >= 4 is 0 Å². The zero-order chi connectivity index (χ0) is 9.97. The van der Waals surface area contributed by atoms with Gasteiger partial charge in [-0.25, -0.2) is 0 Å². The van der Waals surface area contributed by atoms with Crippen molar-refractivity contribution < 1.29 is 5.11 Å². The maximum absolute atomic E-state index is 8.92. The summed E-state index contributed by atoms with van der Waals surface area (Å²) >= 11 is 0. The Balaban J connectivity index is 2.06. The second-order valence-electron chi connectivity index (χ2n) is 4.08. The van der Waals surface area contributed by atoms with Gasteiger partial charge in [-0.1, -0.05) is 0 Å². The number of likely N-dealkylation sites (tertiary alicyclic amines) is 1. The van der Waals surface area contributed by atoms with E-state index in [-0.39, 0.29) is 6.61 Å². The smallest absolute Gasteiger partial charge is 0.0847 e. The highest BCUT2D eigenvalue weighted by molar-refractivity contribution is 5.13. The molecule has 2 N–H and O–H groups in total. The summed E-state index contributed by atoms with van der Waals surface area (Å²) in [7, 11) is 2.14. The van der Waals surface area contributed by atoms with Crippen molar-refractivity contribution in [2.45, 2.75) is 25.4 Å². The molecular weight excluding hydrogens is 178 g/mol. The number of hydrogen-bond acceptors (Lipinski definition) is 3. The number of nitrogens with one attached hydrogen (secondary N) is 1. The maximum atomic E-state index is 8.92. The second-order valence-corrected chi connectivity index (χ2v) is 4.08. The van der Waals surface area contributed by atoms with Crippen LogP contribution in [0.2, 0.25) is 0 Å². The first-order chi connectivity index (χ1) is 6.79. The lowest BCUT2D eigenvalue weighted by molar-refractivity contribution is 0.248. The van der Waals surface area contributed by atoms with Crippen LogP contribution in [0.3, 0.4) is 0 Å². The maximum Gasteiger partial charge on any atom is 0.0847 e. The molecule has 4 heteroatoms. The van der Waals surface area contributed by atoms with E-state index in [9.17, 15) is 0 Å². The Kier molecular flexibility index (Phi) is 2.84. The molecule has 1 aromatic rings. The van der Waals surface area contributed by atoms with E-state index in [0.29, 0.717) is 5.92 Å². The Morgan fingerprint density at radius 1 is 1.71 bits per heavy atom. The first-order valence-corrected chi connectivity index (χ1v) is 5.13. The average molecular weight is 195 g/mol. The summed E-state index contributed by atoms with van der Waals surface area (Å²) in [4.78, 5) is 2.33.